The molecule has 31 heavy (non-hydrogen) atoms. The monoisotopic (exact) mass is 477 g/mol. The first kappa shape index (κ1) is 23.3. The van der Waals surface area contributed by atoms with Gasteiger partial charge >= 0.3 is 5.97 Å². The van der Waals surface area contributed by atoms with Crippen LogP contribution < -0.4 is 4.90 Å². The molecule has 0 aliphatic carbocycles. The van der Waals surface area contributed by atoms with Crippen LogP contribution in [0, 0.1) is 0 Å². The van der Waals surface area contributed by atoms with Gasteiger partial charge in [-0.15, -0.1) is 11.3 Å². The Balaban J connectivity index is 2.17. The zero-order chi connectivity index (χ0) is 22.5. The van der Waals surface area contributed by atoms with Crippen molar-refractivity contribution in [1.82, 2.24) is 0 Å². The maximum absolute atomic E-state index is 13.6. The van der Waals surface area contributed by atoms with Crippen LogP contribution >= 0.6 is 34.5 Å². The van der Waals surface area contributed by atoms with E-state index in [1.165, 1.54) is 29.4 Å². The first-order valence-electron chi connectivity index (χ1n) is 9.42. The van der Waals surface area contributed by atoms with Gasteiger partial charge in [-0.25, -0.2) is 4.79 Å². The number of amides is 1. The summed E-state index contributed by atoms with van der Waals surface area (Å²) in [4.78, 5) is 28.9. The molecule has 1 atom stereocenters. The van der Waals surface area contributed by atoms with Crippen LogP contribution in [0.2, 0.25) is 10.0 Å². The molecule has 1 aromatic heterocycles. The molecule has 2 aromatic carbocycles. The molecule has 8 heteroatoms. The average molecular weight is 478 g/mol. The number of carbonyl (C=O) groups is 2. The maximum atomic E-state index is 13.6. The molecule has 0 aliphatic rings. The summed E-state index contributed by atoms with van der Waals surface area (Å²) in [6.07, 6.45) is 0. The number of hydrogen-bond donors (Lipinski definition) is 0. The molecule has 3 rings (SSSR count). The van der Waals surface area contributed by atoms with Gasteiger partial charge in [-0.1, -0.05) is 53.5 Å². The third-order valence-electron chi connectivity index (χ3n) is 4.63. The van der Waals surface area contributed by atoms with Crippen LogP contribution in [0.5, 0.6) is 0 Å². The van der Waals surface area contributed by atoms with E-state index in [0.717, 1.165) is 10.4 Å². The van der Waals surface area contributed by atoms with Crippen LogP contribution in [-0.2, 0) is 9.47 Å². The Kier molecular flexibility index (Phi) is 7.73. The zero-order valence-corrected chi connectivity index (χ0v) is 19.6. The summed E-state index contributed by atoms with van der Waals surface area (Å²) in [5.74, 6) is -0.888. The normalized spacial score (nSPS) is 11.8. The Labute approximate surface area is 195 Å². The van der Waals surface area contributed by atoms with Crippen molar-refractivity contribution in [2.75, 3.05) is 25.7 Å². The quantitative estimate of drug-likeness (QED) is 0.380. The van der Waals surface area contributed by atoms with E-state index in [-0.39, 0.29) is 29.1 Å². The van der Waals surface area contributed by atoms with E-state index in [0.29, 0.717) is 15.6 Å². The van der Waals surface area contributed by atoms with Crippen LogP contribution in [0.4, 0.5) is 5.69 Å². The lowest BCUT2D eigenvalue weighted by Gasteiger charge is -2.29. The fourth-order valence-electron chi connectivity index (χ4n) is 3.20. The van der Waals surface area contributed by atoms with Crippen molar-refractivity contribution >= 4 is 52.1 Å². The summed E-state index contributed by atoms with van der Waals surface area (Å²) >= 11 is 13.6. The molecular weight excluding hydrogens is 457 g/mol. The summed E-state index contributed by atoms with van der Waals surface area (Å²) in [6.45, 7) is 2.10. The molecule has 5 nitrogen and oxygen atoms in total. The molecule has 0 saturated carbocycles. The lowest BCUT2D eigenvalue weighted by Crippen LogP contribution is -2.42. The zero-order valence-electron chi connectivity index (χ0n) is 17.2. The van der Waals surface area contributed by atoms with Crippen molar-refractivity contribution in [3.05, 3.63) is 75.1 Å². The van der Waals surface area contributed by atoms with Gasteiger partial charge in [0.2, 0.25) is 0 Å². The number of methoxy groups -OCH3 is 2. The standard InChI is InChI=1S/C23H21Cl2NO4S/c1-14(13-29-2)26(22(27)17-10-9-16(24)11-18(17)25)19-12-20(15-7-5-4-6-8-15)31-21(19)23(28)30-3/h4-12,14H,13H2,1-3H3. The molecular formula is C23H21Cl2NO4S. The Bertz CT molecular complexity index is 1080. The van der Waals surface area contributed by atoms with Gasteiger partial charge in [-0.3, -0.25) is 4.79 Å². The smallest absolute Gasteiger partial charge is 0.350 e. The number of thiophene rings is 1. The van der Waals surface area contributed by atoms with Crippen LogP contribution in [0.3, 0.4) is 0 Å². The van der Waals surface area contributed by atoms with E-state index < -0.39 is 5.97 Å². The second kappa shape index (κ2) is 10.3. The lowest BCUT2D eigenvalue weighted by molar-refractivity contribution is 0.0607. The van der Waals surface area contributed by atoms with Crippen molar-refractivity contribution in [2.45, 2.75) is 13.0 Å². The van der Waals surface area contributed by atoms with Gasteiger partial charge in [0.25, 0.3) is 5.91 Å². The van der Waals surface area contributed by atoms with Crippen LogP contribution in [0.25, 0.3) is 10.4 Å². The van der Waals surface area contributed by atoms with Gasteiger partial charge in [0.1, 0.15) is 4.88 Å². The molecule has 0 aliphatic heterocycles. The van der Waals surface area contributed by atoms with Crippen molar-refractivity contribution in [3.63, 3.8) is 0 Å². The predicted molar refractivity (Wildman–Crippen MR) is 126 cm³/mol. The SMILES string of the molecule is COCC(C)N(C(=O)c1ccc(Cl)cc1Cl)c1cc(-c2ccccc2)sc1C(=O)OC. The number of hydrogen-bond acceptors (Lipinski definition) is 5. The summed E-state index contributed by atoms with van der Waals surface area (Å²) in [6, 6.07) is 15.7. The predicted octanol–water partition coefficient (Wildman–Crippen LogP) is 6.19. The number of carbonyl (C=O) groups excluding carboxylic acids is 2. The van der Waals surface area contributed by atoms with Crippen LogP contribution in [0.15, 0.2) is 54.6 Å². The Morgan fingerprint density at radius 3 is 2.39 bits per heavy atom. The minimum atomic E-state index is -0.521. The topological polar surface area (TPSA) is 55.8 Å². The summed E-state index contributed by atoms with van der Waals surface area (Å²) in [5, 5.41) is 0.653. The van der Waals surface area contributed by atoms with E-state index in [1.807, 2.05) is 43.3 Å². The van der Waals surface area contributed by atoms with E-state index in [4.69, 9.17) is 32.7 Å². The van der Waals surface area contributed by atoms with E-state index >= 15 is 0 Å². The van der Waals surface area contributed by atoms with Crippen LogP contribution in [-0.4, -0.2) is 38.7 Å². The highest BCUT2D eigenvalue weighted by molar-refractivity contribution is 7.18. The molecule has 0 radical (unpaired) electrons. The number of rotatable bonds is 7. The molecule has 162 valence electrons. The maximum Gasteiger partial charge on any atom is 0.350 e. The minimum absolute atomic E-state index is 0.227. The van der Waals surface area contributed by atoms with Crippen molar-refractivity contribution in [3.8, 4) is 10.4 Å². The van der Waals surface area contributed by atoms with E-state index in [2.05, 4.69) is 0 Å². The summed E-state index contributed by atoms with van der Waals surface area (Å²) in [7, 11) is 2.87. The van der Waals surface area contributed by atoms with Gasteiger partial charge in [-0.05, 0) is 36.8 Å². The minimum Gasteiger partial charge on any atom is -0.465 e. The third-order valence-corrected chi connectivity index (χ3v) is 6.33. The number of ether oxygens (including phenoxy) is 2. The molecule has 0 saturated heterocycles. The largest absolute Gasteiger partial charge is 0.465 e. The second-order valence-corrected chi connectivity index (χ2v) is 8.68. The first-order chi connectivity index (χ1) is 14.9. The second-order valence-electron chi connectivity index (χ2n) is 6.79. The summed E-state index contributed by atoms with van der Waals surface area (Å²) < 4.78 is 10.3. The number of nitrogens with zero attached hydrogens (tertiary/aromatic N) is 1. The third kappa shape index (κ3) is 5.10. The Morgan fingerprint density at radius 2 is 1.77 bits per heavy atom. The molecule has 3 aromatic rings. The van der Waals surface area contributed by atoms with Gasteiger partial charge < -0.3 is 14.4 Å². The fraction of sp³-hybridized carbons (Fsp3) is 0.217. The van der Waals surface area contributed by atoms with Crippen LogP contribution in [0.1, 0.15) is 27.0 Å². The molecule has 0 spiro atoms. The molecule has 1 amide bonds. The average Bonchev–Trinajstić information content (AvgIpc) is 3.19. The highest BCUT2D eigenvalue weighted by Crippen LogP contribution is 2.39. The van der Waals surface area contributed by atoms with E-state index in [9.17, 15) is 9.59 Å². The number of anilines is 1. The van der Waals surface area contributed by atoms with Crippen molar-refractivity contribution in [1.29, 1.82) is 0 Å². The fourth-order valence-corrected chi connectivity index (χ4v) is 4.76. The number of halogens is 2. The molecule has 0 N–H and O–H groups in total. The van der Waals surface area contributed by atoms with Gasteiger partial charge in [0.05, 0.1) is 36.0 Å². The van der Waals surface area contributed by atoms with Gasteiger partial charge in [-0.2, -0.15) is 0 Å². The Morgan fingerprint density at radius 1 is 1.06 bits per heavy atom. The molecule has 0 fully saturated rings. The van der Waals surface area contributed by atoms with Crippen molar-refractivity contribution < 1.29 is 19.1 Å². The van der Waals surface area contributed by atoms with Gasteiger partial charge in [0, 0.05) is 17.0 Å². The molecule has 1 unspecified atom stereocenters. The van der Waals surface area contributed by atoms with Gasteiger partial charge in [0.15, 0.2) is 0 Å². The molecule has 0 bridgehead atoms. The van der Waals surface area contributed by atoms with E-state index in [1.54, 1.807) is 19.2 Å². The molecule has 1 heterocycles. The lowest BCUT2D eigenvalue weighted by atomic mass is 10.1. The number of esters is 1. The summed E-state index contributed by atoms with van der Waals surface area (Å²) in [5.41, 5.74) is 1.65. The highest BCUT2D eigenvalue weighted by atomic mass is 35.5. The van der Waals surface area contributed by atoms with Crippen molar-refractivity contribution in [2.24, 2.45) is 0 Å². The first-order valence-corrected chi connectivity index (χ1v) is 11.0. The Hall–Kier alpha value is -2.38. The highest BCUT2D eigenvalue weighted by Gasteiger charge is 2.31. The number of benzene rings is 2.